The van der Waals surface area contributed by atoms with Crippen LogP contribution in [-0.4, -0.2) is 16.8 Å². The molecule has 7 heteroatoms. The Morgan fingerprint density at radius 3 is 2.72 bits per heavy atom. The molecule has 0 aliphatic carbocycles. The Balaban J connectivity index is 1.33. The number of benzene rings is 3. The predicted octanol–water partition coefficient (Wildman–Crippen LogP) is 4.35. The number of ether oxygens (including phenoxy) is 3. The quantitative estimate of drug-likeness (QED) is 0.527. The number of rotatable bonds is 5. The molecule has 1 aliphatic heterocycles. The molecular formula is C22H18N4O3. The molecule has 0 unspecified atom stereocenters. The van der Waals surface area contributed by atoms with Gasteiger partial charge in [0, 0.05) is 6.54 Å². The highest BCUT2D eigenvalue weighted by atomic mass is 16.7. The molecule has 2 heterocycles. The molecule has 4 aromatic rings. The van der Waals surface area contributed by atoms with Crippen molar-refractivity contribution in [2.24, 2.45) is 0 Å². The number of aromatic nitrogens is 2. The first-order valence-corrected chi connectivity index (χ1v) is 9.16. The van der Waals surface area contributed by atoms with E-state index in [4.69, 9.17) is 19.9 Å². The maximum absolute atomic E-state index is 6.24. The van der Waals surface area contributed by atoms with Crippen LogP contribution in [0.4, 0.5) is 11.5 Å². The molecular weight excluding hydrogens is 368 g/mol. The second-order valence-electron chi connectivity index (χ2n) is 6.59. The number of hydrogen-bond donors (Lipinski definition) is 2. The summed E-state index contributed by atoms with van der Waals surface area (Å²) in [7, 11) is 0. The van der Waals surface area contributed by atoms with E-state index in [1.807, 2.05) is 54.6 Å². The van der Waals surface area contributed by atoms with Crippen molar-refractivity contribution in [3.05, 3.63) is 72.6 Å². The van der Waals surface area contributed by atoms with Gasteiger partial charge in [-0.05, 0) is 40.6 Å². The molecule has 0 amide bonds. The zero-order chi connectivity index (χ0) is 19.6. The van der Waals surface area contributed by atoms with Crippen LogP contribution < -0.4 is 25.3 Å². The van der Waals surface area contributed by atoms with Gasteiger partial charge in [0.05, 0.1) is 0 Å². The fourth-order valence-corrected chi connectivity index (χ4v) is 3.18. The van der Waals surface area contributed by atoms with Gasteiger partial charge < -0.3 is 25.3 Å². The van der Waals surface area contributed by atoms with Crippen LogP contribution >= 0.6 is 0 Å². The highest BCUT2D eigenvalue weighted by Crippen LogP contribution is 2.34. The molecule has 5 rings (SSSR count). The van der Waals surface area contributed by atoms with E-state index in [-0.39, 0.29) is 6.79 Å². The van der Waals surface area contributed by atoms with Gasteiger partial charge in [-0.2, -0.15) is 4.98 Å². The van der Waals surface area contributed by atoms with Crippen molar-refractivity contribution in [2.45, 2.75) is 6.54 Å². The number of fused-ring (bicyclic) bond motifs is 2. The van der Waals surface area contributed by atoms with Gasteiger partial charge in [0.15, 0.2) is 17.3 Å². The minimum atomic E-state index is 0.251. The average molecular weight is 386 g/mol. The molecule has 0 bridgehead atoms. The molecule has 3 aromatic carbocycles. The topological polar surface area (TPSA) is 91.5 Å². The highest BCUT2D eigenvalue weighted by molar-refractivity contribution is 5.83. The summed E-state index contributed by atoms with van der Waals surface area (Å²) in [5.41, 5.74) is 7.61. The Labute approximate surface area is 167 Å². The van der Waals surface area contributed by atoms with E-state index in [9.17, 15) is 0 Å². The molecule has 144 valence electrons. The molecule has 0 spiro atoms. The molecule has 0 fully saturated rings. The SMILES string of the molecule is Nc1c(NCc2ccc3c(c2)OCO3)ncnc1Oc1ccc2ccccc2c1. The Bertz CT molecular complexity index is 1200. The lowest BCUT2D eigenvalue weighted by Crippen LogP contribution is -2.06. The Morgan fingerprint density at radius 2 is 1.79 bits per heavy atom. The average Bonchev–Trinajstić information content (AvgIpc) is 3.22. The van der Waals surface area contributed by atoms with Gasteiger partial charge in [-0.1, -0.05) is 36.4 Å². The first kappa shape index (κ1) is 17.1. The van der Waals surface area contributed by atoms with Crippen LogP contribution in [0.3, 0.4) is 0 Å². The summed E-state index contributed by atoms with van der Waals surface area (Å²) in [5, 5.41) is 5.45. The number of nitrogen functional groups attached to an aromatic ring is 1. The summed E-state index contributed by atoms with van der Waals surface area (Å²) in [4.78, 5) is 8.42. The molecule has 7 nitrogen and oxygen atoms in total. The van der Waals surface area contributed by atoms with Crippen LogP contribution in [0.1, 0.15) is 5.56 Å². The maximum atomic E-state index is 6.24. The Kier molecular flexibility index (Phi) is 4.25. The predicted molar refractivity (Wildman–Crippen MR) is 110 cm³/mol. The van der Waals surface area contributed by atoms with Gasteiger partial charge in [-0.15, -0.1) is 0 Å². The largest absolute Gasteiger partial charge is 0.454 e. The lowest BCUT2D eigenvalue weighted by molar-refractivity contribution is 0.174. The fraction of sp³-hybridized carbons (Fsp3) is 0.0909. The fourth-order valence-electron chi connectivity index (χ4n) is 3.18. The lowest BCUT2D eigenvalue weighted by atomic mass is 10.1. The monoisotopic (exact) mass is 386 g/mol. The maximum Gasteiger partial charge on any atom is 0.248 e. The van der Waals surface area contributed by atoms with Crippen molar-refractivity contribution in [1.29, 1.82) is 0 Å². The smallest absolute Gasteiger partial charge is 0.248 e. The first-order valence-electron chi connectivity index (χ1n) is 9.16. The normalized spacial score (nSPS) is 12.1. The van der Waals surface area contributed by atoms with Crippen molar-refractivity contribution >= 4 is 22.3 Å². The van der Waals surface area contributed by atoms with E-state index in [1.165, 1.54) is 6.33 Å². The number of nitrogens with one attached hydrogen (secondary N) is 1. The minimum absolute atomic E-state index is 0.251. The summed E-state index contributed by atoms with van der Waals surface area (Å²) < 4.78 is 16.7. The van der Waals surface area contributed by atoms with Gasteiger partial charge in [0.1, 0.15) is 17.8 Å². The number of nitrogens with zero attached hydrogens (tertiary/aromatic N) is 2. The number of anilines is 2. The summed E-state index contributed by atoms with van der Waals surface area (Å²) in [6.07, 6.45) is 1.43. The molecule has 0 radical (unpaired) electrons. The van der Waals surface area contributed by atoms with E-state index < -0.39 is 0 Å². The van der Waals surface area contributed by atoms with Crippen LogP contribution in [0.5, 0.6) is 23.1 Å². The second-order valence-corrected chi connectivity index (χ2v) is 6.59. The van der Waals surface area contributed by atoms with Crippen molar-refractivity contribution in [3.8, 4) is 23.1 Å². The second kappa shape index (κ2) is 7.20. The van der Waals surface area contributed by atoms with Gasteiger partial charge in [0.25, 0.3) is 0 Å². The van der Waals surface area contributed by atoms with E-state index in [0.717, 1.165) is 27.8 Å². The van der Waals surface area contributed by atoms with E-state index >= 15 is 0 Å². The third-order valence-corrected chi connectivity index (χ3v) is 4.68. The lowest BCUT2D eigenvalue weighted by Gasteiger charge is -2.12. The van der Waals surface area contributed by atoms with E-state index in [0.29, 0.717) is 29.7 Å². The highest BCUT2D eigenvalue weighted by Gasteiger charge is 2.14. The van der Waals surface area contributed by atoms with Gasteiger partial charge >= 0.3 is 0 Å². The molecule has 0 saturated carbocycles. The molecule has 3 N–H and O–H groups in total. The summed E-state index contributed by atoms with van der Waals surface area (Å²) in [6.45, 7) is 0.772. The Morgan fingerprint density at radius 1 is 0.931 bits per heavy atom. The number of nitrogens with two attached hydrogens (primary N) is 1. The van der Waals surface area contributed by atoms with Crippen LogP contribution in [-0.2, 0) is 6.54 Å². The van der Waals surface area contributed by atoms with Crippen molar-refractivity contribution in [1.82, 2.24) is 9.97 Å². The van der Waals surface area contributed by atoms with E-state index in [1.54, 1.807) is 0 Å². The van der Waals surface area contributed by atoms with Crippen LogP contribution in [0.15, 0.2) is 67.0 Å². The summed E-state index contributed by atoms with van der Waals surface area (Å²) in [6, 6.07) is 19.7. The first-order chi connectivity index (χ1) is 14.3. The van der Waals surface area contributed by atoms with Crippen LogP contribution in [0.2, 0.25) is 0 Å². The zero-order valence-corrected chi connectivity index (χ0v) is 15.5. The molecule has 0 saturated heterocycles. The minimum Gasteiger partial charge on any atom is -0.454 e. The molecule has 1 aromatic heterocycles. The number of hydrogen-bond acceptors (Lipinski definition) is 7. The Hall–Kier alpha value is -4.00. The summed E-state index contributed by atoms with van der Waals surface area (Å²) >= 11 is 0. The van der Waals surface area contributed by atoms with Crippen molar-refractivity contribution < 1.29 is 14.2 Å². The van der Waals surface area contributed by atoms with Crippen molar-refractivity contribution in [3.63, 3.8) is 0 Å². The molecule has 29 heavy (non-hydrogen) atoms. The van der Waals surface area contributed by atoms with Crippen molar-refractivity contribution in [2.75, 3.05) is 17.8 Å². The molecule has 1 aliphatic rings. The summed E-state index contributed by atoms with van der Waals surface area (Å²) in [5.74, 6) is 2.97. The van der Waals surface area contributed by atoms with Crippen LogP contribution in [0.25, 0.3) is 10.8 Å². The van der Waals surface area contributed by atoms with Crippen LogP contribution in [0, 0.1) is 0 Å². The van der Waals surface area contributed by atoms with Gasteiger partial charge in [0.2, 0.25) is 12.7 Å². The third kappa shape index (κ3) is 3.45. The standard InChI is InChI=1S/C22H18N4O3/c23-20-21(24-11-14-5-8-18-19(9-14)28-13-27-18)25-12-26-22(20)29-17-7-6-15-3-1-2-4-16(15)10-17/h1-10,12H,11,13,23H2,(H,24,25,26). The van der Waals surface area contributed by atoms with Gasteiger partial charge in [-0.25, -0.2) is 4.98 Å². The van der Waals surface area contributed by atoms with E-state index in [2.05, 4.69) is 21.4 Å². The van der Waals surface area contributed by atoms with Gasteiger partial charge in [-0.3, -0.25) is 0 Å². The third-order valence-electron chi connectivity index (χ3n) is 4.68. The zero-order valence-electron chi connectivity index (χ0n) is 15.5. The molecule has 0 atom stereocenters.